The van der Waals surface area contributed by atoms with Crippen LogP contribution in [-0.4, -0.2) is 43.5 Å². The number of hydrogen-bond donors (Lipinski definition) is 2. The number of anilines is 1. The maximum Gasteiger partial charge on any atom is 0.239 e. The maximum absolute atomic E-state index is 12.1. The van der Waals surface area contributed by atoms with E-state index in [0.717, 1.165) is 31.0 Å². The van der Waals surface area contributed by atoms with Crippen molar-refractivity contribution in [3.05, 3.63) is 30.3 Å². The topological polar surface area (TPSA) is 44.4 Å². The number of likely N-dealkylation sites (N-methyl/N-ethyl adjacent to an activating group) is 1. The molecule has 0 aliphatic heterocycles. The monoisotopic (exact) mass is 303 g/mol. The van der Waals surface area contributed by atoms with Crippen LogP contribution >= 0.6 is 0 Å². The molecule has 1 aromatic carbocycles. The molecular formula is C18H29N3O. The molecule has 0 bridgehead atoms. The Morgan fingerprint density at radius 3 is 2.68 bits per heavy atom. The van der Waals surface area contributed by atoms with Gasteiger partial charge in [0.1, 0.15) is 0 Å². The minimum atomic E-state index is 0.0586. The lowest BCUT2D eigenvalue weighted by Gasteiger charge is -2.45. The zero-order chi connectivity index (χ0) is 16.0. The lowest BCUT2D eigenvalue weighted by molar-refractivity contribution is -0.120. The quantitative estimate of drug-likeness (QED) is 0.849. The highest BCUT2D eigenvalue weighted by molar-refractivity contribution is 5.80. The summed E-state index contributed by atoms with van der Waals surface area (Å²) in [6, 6.07) is 9.83. The molecule has 1 saturated carbocycles. The fourth-order valence-electron chi connectivity index (χ4n) is 3.42. The normalized spacial score (nSPS) is 25.0. The molecule has 1 aliphatic carbocycles. The molecule has 1 fully saturated rings. The van der Waals surface area contributed by atoms with Crippen LogP contribution < -0.4 is 10.6 Å². The lowest BCUT2D eigenvalue weighted by Crippen LogP contribution is -2.55. The molecule has 1 amide bonds. The van der Waals surface area contributed by atoms with Crippen molar-refractivity contribution in [1.82, 2.24) is 10.2 Å². The Morgan fingerprint density at radius 1 is 1.32 bits per heavy atom. The second-order valence-corrected chi connectivity index (χ2v) is 6.82. The van der Waals surface area contributed by atoms with E-state index in [-0.39, 0.29) is 11.4 Å². The van der Waals surface area contributed by atoms with Crippen LogP contribution in [0.1, 0.15) is 32.6 Å². The van der Waals surface area contributed by atoms with Gasteiger partial charge in [-0.2, -0.15) is 0 Å². The summed E-state index contributed by atoms with van der Waals surface area (Å²) in [6.45, 7) is 3.37. The van der Waals surface area contributed by atoms with Gasteiger partial charge in [-0.25, -0.2) is 0 Å². The third kappa shape index (κ3) is 4.47. The SMILES string of the molecule is CC1CCCC(CNC(=O)CNc2ccccc2)(N(C)C)C1. The van der Waals surface area contributed by atoms with E-state index in [9.17, 15) is 4.79 Å². The van der Waals surface area contributed by atoms with Crippen molar-refractivity contribution < 1.29 is 4.79 Å². The molecule has 1 aliphatic rings. The lowest BCUT2D eigenvalue weighted by atomic mass is 9.75. The van der Waals surface area contributed by atoms with Crippen molar-refractivity contribution in [2.24, 2.45) is 5.92 Å². The average Bonchev–Trinajstić information content (AvgIpc) is 2.52. The minimum Gasteiger partial charge on any atom is -0.376 e. The molecule has 4 nitrogen and oxygen atoms in total. The number of carbonyl (C=O) groups excluding carboxylic acids is 1. The zero-order valence-electron chi connectivity index (χ0n) is 14.1. The number of nitrogens with zero attached hydrogens (tertiary/aromatic N) is 1. The van der Waals surface area contributed by atoms with Gasteiger partial charge in [0.15, 0.2) is 0 Å². The van der Waals surface area contributed by atoms with Gasteiger partial charge in [0.2, 0.25) is 5.91 Å². The molecule has 0 radical (unpaired) electrons. The first kappa shape index (κ1) is 16.8. The molecular weight excluding hydrogens is 274 g/mol. The van der Waals surface area contributed by atoms with E-state index < -0.39 is 0 Å². The van der Waals surface area contributed by atoms with E-state index in [1.54, 1.807) is 0 Å². The maximum atomic E-state index is 12.1. The predicted molar refractivity (Wildman–Crippen MR) is 92.0 cm³/mol. The van der Waals surface area contributed by atoms with Gasteiger partial charge in [-0.05, 0) is 45.0 Å². The van der Waals surface area contributed by atoms with Gasteiger partial charge in [-0.3, -0.25) is 4.79 Å². The predicted octanol–water partition coefficient (Wildman–Crippen LogP) is 2.73. The van der Waals surface area contributed by atoms with Crippen LogP contribution in [0.4, 0.5) is 5.69 Å². The Bertz CT molecular complexity index is 474. The van der Waals surface area contributed by atoms with Crippen LogP contribution in [-0.2, 0) is 4.79 Å². The van der Waals surface area contributed by atoms with E-state index in [2.05, 4.69) is 36.6 Å². The number of nitrogens with one attached hydrogen (secondary N) is 2. The van der Waals surface area contributed by atoms with Crippen LogP contribution in [0.3, 0.4) is 0 Å². The molecule has 2 N–H and O–H groups in total. The molecule has 0 saturated heterocycles. The summed E-state index contributed by atoms with van der Waals surface area (Å²) in [4.78, 5) is 14.4. The third-order valence-electron chi connectivity index (χ3n) is 4.86. The Labute approximate surface area is 134 Å². The number of rotatable bonds is 6. The fourth-order valence-corrected chi connectivity index (χ4v) is 3.42. The molecule has 2 rings (SSSR count). The van der Waals surface area contributed by atoms with Gasteiger partial charge in [0.25, 0.3) is 0 Å². The van der Waals surface area contributed by atoms with Crippen molar-refractivity contribution in [3.8, 4) is 0 Å². The number of hydrogen-bond acceptors (Lipinski definition) is 3. The number of carbonyl (C=O) groups is 1. The largest absolute Gasteiger partial charge is 0.376 e. The summed E-state index contributed by atoms with van der Waals surface area (Å²) in [6.07, 6.45) is 4.87. The van der Waals surface area contributed by atoms with E-state index in [0.29, 0.717) is 6.54 Å². The van der Waals surface area contributed by atoms with Crippen LogP contribution in [0.25, 0.3) is 0 Å². The molecule has 0 spiro atoms. The second-order valence-electron chi connectivity index (χ2n) is 6.82. The van der Waals surface area contributed by atoms with E-state index in [1.807, 2.05) is 30.3 Å². The first-order valence-electron chi connectivity index (χ1n) is 8.25. The standard InChI is InChI=1S/C18H29N3O/c1-15-8-7-11-18(12-15,21(2)3)14-20-17(22)13-19-16-9-5-4-6-10-16/h4-6,9-10,15,19H,7-8,11-14H2,1-3H3,(H,20,22). The smallest absolute Gasteiger partial charge is 0.239 e. The highest BCUT2D eigenvalue weighted by Crippen LogP contribution is 2.35. The Morgan fingerprint density at radius 2 is 2.05 bits per heavy atom. The highest BCUT2D eigenvalue weighted by Gasteiger charge is 2.37. The van der Waals surface area contributed by atoms with Crippen LogP contribution in [0.5, 0.6) is 0 Å². The van der Waals surface area contributed by atoms with Crippen LogP contribution in [0.2, 0.25) is 0 Å². The average molecular weight is 303 g/mol. The summed E-state index contributed by atoms with van der Waals surface area (Å²) < 4.78 is 0. The zero-order valence-corrected chi connectivity index (χ0v) is 14.1. The molecule has 0 heterocycles. The van der Waals surface area contributed by atoms with Crippen molar-refractivity contribution in [1.29, 1.82) is 0 Å². The number of amides is 1. The summed E-state index contributed by atoms with van der Waals surface area (Å²) in [7, 11) is 4.26. The molecule has 22 heavy (non-hydrogen) atoms. The molecule has 2 unspecified atom stereocenters. The highest BCUT2D eigenvalue weighted by atomic mass is 16.1. The van der Waals surface area contributed by atoms with Crippen molar-refractivity contribution in [2.75, 3.05) is 32.5 Å². The fraction of sp³-hybridized carbons (Fsp3) is 0.611. The Kier molecular flexibility index (Phi) is 5.83. The van der Waals surface area contributed by atoms with Crippen LogP contribution in [0.15, 0.2) is 30.3 Å². The minimum absolute atomic E-state index is 0.0586. The molecule has 1 aromatic rings. The van der Waals surface area contributed by atoms with Gasteiger partial charge in [0.05, 0.1) is 6.54 Å². The van der Waals surface area contributed by atoms with Crippen LogP contribution in [0, 0.1) is 5.92 Å². The molecule has 0 aromatic heterocycles. The molecule has 4 heteroatoms. The Balaban J connectivity index is 1.83. The van der Waals surface area contributed by atoms with Gasteiger partial charge in [-0.15, -0.1) is 0 Å². The first-order valence-corrected chi connectivity index (χ1v) is 8.25. The van der Waals surface area contributed by atoms with E-state index in [4.69, 9.17) is 0 Å². The molecule has 2 atom stereocenters. The van der Waals surface area contributed by atoms with Crippen molar-refractivity contribution in [2.45, 2.75) is 38.1 Å². The first-order chi connectivity index (χ1) is 10.5. The second kappa shape index (κ2) is 7.63. The number of benzene rings is 1. The van der Waals surface area contributed by atoms with Gasteiger partial charge in [0, 0.05) is 17.8 Å². The van der Waals surface area contributed by atoms with E-state index >= 15 is 0 Å². The summed E-state index contributed by atoms with van der Waals surface area (Å²) in [5.41, 5.74) is 1.09. The Hall–Kier alpha value is -1.55. The molecule has 122 valence electrons. The van der Waals surface area contributed by atoms with Gasteiger partial charge in [-0.1, -0.05) is 38.0 Å². The summed E-state index contributed by atoms with van der Waals surface area (Å²) in [5, 5.41) is 6.28. The number of para-hydroxylation sites is 1. The van der Waals surface area contributed by atoms with Crippen molar-refractivity contribution in [3.63, 3.8) is 0 Å². The van der Waals surface area contributed by atoms with Gasteiger partial charge >= 0.3 is 0 Å². The summed E-state index contributed by atoms with van der Waals surface area (Å²) in [5.74, 6) is 0.791. The third-order valence-corrected chi connectivity index (χ3v) is 4.86. The van der Waals surface area contributed by atoms with Gasteiger partial charge < -0.3 is 15.5 Å². The van der Waals surface area contributed by atoms with Crippen molar-refractivity contribution >= 4 is 11.6 Å². The van der Waals surface area contributed by atoms with E-state index in [1.165, 1.54) is 12.8 Å². The summed E-state index contributed by atoms with van der Waals surface area (Å²) >= 11 is 0.